The smallest absolute Gasteiger partial charge is 0.307 e. The van der Waals surface area contributed by atoms with Crippen molar-refractivity contribution in [2.75, 3.05) is 14.2 Å². The lowest BCUT2D eigenvalue weighted by Gasteiger charge is -2.19. The fraction of sp³-hybridized carbons (Fsp3) is 0.500. The summed E-state index contributed by atoms with van der Waals surface area (Å²) in [5.74, 6) is 0.825. The molecule has 0 saturated heterocycles. The van der Waals surface area contributed by atoms with Crippen molar-refractivity contribution in [1.29, 1.82) is 0 Å². The molecule has 100 valence electrons. The van der Waals surface area contributed by atoms with E-state index in [1.165, 1.54) is 7.11 Å². The third kappa shape index (κ3) is 4.04. The van der Waals surface area contributed by atoms with Crippen molar-refractivity contribution in [3.8, 4) is 5.75 Å². The van der Waals surface area contributed by atoms with E-state index in [0.29, 0.717) is 0 Å². The van der Waals surface area contributed by atoms with E-state index in [9.17, 15) is 4.79 Å². The van der Waals surface area contributed by atoms with E-state index in [4.69, 9.17) is 10.5 Å². The van der Waals surface area contributed by atoms with Crippen molar-refractivity contribution in [1.82, 2.24) is 0 Å². The molecule has 0 aliphatic rings. The Morgan fingerprint density at radius 2 is 2.00 bits per heavy atom. The normalized spacial score (nSPS) is 13.8. The average Bonchev–Trinajstić information content (AvgIpc) is 2.38. The topological polar surface area (TPSA) is 61.5 Å². The van der Waals surface area contributed by atoms with Crippen LogP contribution in [-0.4, -0.2) is 26.2 Å². The van der Waals surface area contributed by atoms with Gasteiger partial charge in [0, 0.05) is 6.04 Å². The second kappa shape index (κ2) is 7.01. The molecule has 18 heavy (non-hydrogen) atoms. The number of rotatable bonds is 6. The Balaban J connectivity index is 2.64. The molecule has 1 aromatic rings. The van der Waals surface area contributed by atoms with E-state index in [0.717, 1.165) is 17.7 Å². The van der Waals surface area contributed by atoms with Gasteiger partial charge in [-0.3, -0.25) is 4.79 Å². The summed E-state index contributed by atoms with van der Waals surface area (Å²) in [6, 6.07) is 7.66. The summed E-state index contributed by atoms with van der Waals surface area (Å²) in [5, 5.41) is 0. The Bertz CT molecular complexity index is 392. The van der Waals surface area contributed by atoms with Gasteiger partial charge in [-0.05, 0) is 24.0 Å². The van der Waals surface area contributed by atoms with Gasteiger partial charge in [-0.25, -0.2) is 0 Å². The number of ether oxygens (including phenoxy) is 2. The highest BCUT2D eigenvalue weighted by Gasteiger charge is 2.17. The quantitative estimate of drug-likeness (QED) is 0.786. The Morgan fingerprint density at radius 3 is 2.61 bits per heavy atom. The predicted octanol–water partition coefficient (Wildman–Crippen LogP) is 2.08. The zero-order valence-corrected chi connectivity index (χ0v) is 11.2. The van der Waals surface area contributed by atoms with Crippen LogP contribution in [-0.2, 0) is 9.53 Å². The Labute approximate surface area is 108 Å². The molecule has 0 saturated carbocycles. The minimum Gasteiger partial charge on any atom is -0.496 e. The molecule has 0 fully saturated rings. The molecular weight excluding hydrogens is 230 g/mol. The molecule has 4 nitrogen and oxygen atoms in total. The molecule has 1 rings (SSSR count). The van der Waals surface area contributed by atoms with Gasteiger partial charge in [0.1, 0.15) is 5.75 Å². The first-order valence-corrected chi connectivity index (χ1v) is 6.03. The first-order valence-electron chi connectivity index (χ1n) is 6.03. The lowest BCUT2D eigenvalue weighted by molar-refractivity contribution is -0.141. The second-order valence-corrected chi connectivity index (χ2v) is 4.42. The van der Waals surface area contributed by atoms with Crippen LogP contribution in [0, 0.1) is 0 Å². The van der Waals surface area contributed by atoms with Crippen LogP contribution in [0.2, 0.25) is 0 Å². The molecule has 0 aliphatic carbocycles. The number of para-hydroxylation sites is 1. The minimum atomic E-state index is -0.269. The van der Waals surface area contributed by atoms with Crippen LogP contribution in [0.4, 0.5) is 0 Å². The first-order chi connectivity index (χ1) is 8.58. The highest BCUT2D eigenvalue weighted by atomic mass is 16.5. The fourth-order valence-electron chi connectivity index (χ4n) is 2.04. The highest BCUT2D eigenvalue weighted by molar-refractivity contribution is 5.69. The SMILES string of the molecule is COC(=O)CC(N)CC(C)c1ccccc1OC. The summed E-state index contributed by atoms with van der Waals surface area (Å²) in [6.07, 6.45) is 0.964. The van der Waals surface area contributed by atoms with Gasteiger partial charge in [0.25, 0.3) is 0 Å². The number of carbonyl (C=O) groups is 1. The zero-order chi connectivity index (χ0) is 13.5. The molecule has 0 aromatic heterocycles. The van der Waals surface area contributed by atoms with Crippen molar-refractivity contribution in [2.45, 2.75) is 31.7 Å². The van der Waals surface area contributed by atoms with Gasteiger partial charge in [0.2, 0.25) is 0 Å². The van der Waals surface area contributed by atoms with Gasteiger partial charge in [-0.2, -0.15) is 0 Å². The number of esters is 1. The third-order valence-corrected chi connectivity index (χ3v) is 2.98. The van der Waals surface area contributed by atoms with E-state index < -0.39 is 0 Å². The van der Waals surface area contributed by atoms with Crippen LogP contribution >= 0.6 is 0 Å². The lowest BCUT2D eigenvalue weighted by atomic mass is 9.92. The van der Waals surface area contributed by atoms with Crippen LogP contribution in [0.5, 0.6) is 5.75 Å². The Hall–Kier alpha value is -1.55. The van der Waals surface area contributed by atoms with Crippen molar-refractivity contribution < 1.29 is 14.3 Å². The summed E-state index contributed by atoms with van der Waals surface area (Å²) < 4.78 is 9.93. The zero-order valence-electron chi connectivity index (χ0n) is 11.2. The Morgan fingerprint density at radius 1 is 1.33 bits per heavy atom. The molecule has 2 atom stereocenters. The van der Waals surface area contributed by atoms with Crippen LogP contribution in [0.3, 0.4) is 0 Å². The second-order valence-electron chi connectivity index (χ2n) is 4.42. The van der Waals surface area contributed by atoms with Gasteiger partial charge < -0.3 is 15.2 Å². The summed E-state index contributed by atoms with van der Waals surface area (Å²) in [4.78, 5) is 11.1. The lowest BCUT2D eigenvalue weighted by Crippen LogP contribution is -2.26. The van der Waals surface area contributed by atoms with E-state index in [-0.39, 0.29) is 24.3 Å². The third-order valence-electron chi connectivity index (χ3n) is 2.98. The summed E-state index contributed by atoms with van der Waals surface area (Å²) in [7, 11) is 3.03. The van der Waals surface area contributed by atoms with Crippen LogP contribution in [0.25, 0.3) is 0 Å². The molecule has 4 heteroatoms. The van der Waals surface area contributed by atoms with Gasteiger partial charge in [-0.15, -0.1) is 0 Å². The molecule has 1 aromatic carbocycles. The van der Waals surface area contributed by atoms with E-state index >= 15 is 0 Å². The van der Waals surface area contributed by atoms with E-state index in [1.54, 1.807) is 7.11 Å². The monoisotopic (exact) mass is 251 g/mol. The number of hydrogen-bond donors (Lipinski definition) is 1. The van der Waals surface area contributed by atoms with Gasteiger partial charge in [0.15, 0.2) is 0 Å². The number of carbonyl (C=O) groups excluding carboxylic acids is 1. The molecule has 0 radical (unpaired) electrons. The number of benzene rings is 1. The number of nitrogens with two attached hydrogens (primary N) is 1. The molecule has 0 amide bonds. The number of hydrogen-bond acceptors (Lipinski definition) is 4. The summed E-state index contributed by atoms with van der Waals surface area (Å²) in [5.41, 5.74) is 7.05. The number of methoxy groups -OCH3 is 2. The molecular formula is C14H21NO3. The maximum atomic E-state index is 11.1. The molecule has 2 unspecified atom stereocenters. The van der Waals surface area contributed by atoms with Gasteiger partial charge in [-0.1, -0.05) is 25.1 Å². The van der Waals surface area contributed by atoms with Gasteiger partial charge >= 0.3 is 5.97 Å². The van der Waals surface area contributed by atoms with Gasteiger partial charge in [0.05, 0.1) is 20.6 Å². The standard InChI is InChI=1S/C14H21NO3/c1-10(8-11(15)9-14(16)18-3)12-6-4-5-7-13(12)17-2/h4-7,10-11H,8-9,15H2,1-3H3. The van der Waals surface area contributed by atoms with Crippen LogP contribution < -0.4 is 10.5 Å². The van der Waals surface area contributed by atoms with Crippen molar-refractivity contribution in [3.63, 3.8) is 0 Å². The summed E-state index contributed by atoms with van der Waals surface area (Å²) >= 11 is 0. The Kier molecular flexibility index (Phi) is 5.65. The van der Waals surface area contributed by atoms with Crippen molar-refractivity contribution in [3.05, 3.63) is 29.8 Å². The molecule has 0 heterocycles. The van der Waals surface area contributed by atoms with E-state index in [2.05, 4.69) is 11.7 Å². The van der Waals surface area contributed by atoms with Crippen LogP contribution in [0.15, 0.2) is 24.3 Å². The largest absolute Gasteiger partial charge is 0.496 e. The molecule has 0 spiro atoms. The van der Waals surface area contributed by atoms with E-state index in [1.807, 2.05) is 24.3 Å². The maximum Gasteiger partial charge on any atom is 0.307 e. The van der Waals surface area contributed by atoms with Crippen molar-refractivity contribution in [2.24, 2.45) is 5.73 Å². The summed E-state index contributed by atoms with van der Waals surface area (Å²) in [6.45, 7) is 2.08. The average molecular weight is 251 g/mol. The minimum absolute atomic E-state index is 0.197. The first kappa shape index (κ1) is 14.5. The molecule has 2 N–H and O–H groups in total. The van der Waals surface area contributed by atoms with Crippen LogP contribution in [0.1, 0.15) is 31.2 Å². The highest BCUT2D eigenvalue weighted by Crippen LogP contribution is 2.29. The molecule has 0 bridgehead atoms. The van der Waals surface area contributed by atoms with Crippen molar-refractivity contribution >= 4 is 5.97 Å². The fourth-order valence-corrected chi connectivity index (χ4v) is 2.04. The molecule has 0 aliphatic heterocycles. The maximum absolute atomic E-state index is 11.1. The predicted molar refractivity (Wildman–Crippen MR) is 70.6 cm³/mol.